The monoisotopic (exact) mass is 279 g/mol. The molecule has 106 valence electrons. The van der Waals surface area contributed by atoms with E-state index in [0.717, 1.165) is 6.07 Å². The molecular weight excluding hydrogens is 264 g/mol. The highest BCUT2D eigenvalue weighted by molar-refractivity contribution is 5.49. The van der Waals surface area contributed by atoms with E-state index in [1.54, 1.807) is 13.0 Å². The lowest BCUT2D eigenvalue weighted by Gasteiger charge is -2.17. The van der Waals surface area contributed by atoms with E-state index in [1.807, 2.05) is 0 Å². The van der Waals surface area contributed by atoms with E-state index in [0.29, 0.717) is 11.3 Å². The van der Waals surface area contributed by atoms with Crippen LogP contribution in [0.4, 0.5) is 14.5 Å². The van der Waals surface area contributed by atoms with Crippen LogP contribution >= 0.6 is 0 Å². The highest BCUT2D eigenvalue weighted by atomic mass is 19.1. The van der Waals surface area contributed by atoms with E-state index in [9.17, 15) is 13.9 Å². The van der Waals surface area contributed by atoms with Gasteiger partial charge in [0.25, 0.3) is 0 Å². The first-order valence-electron chi connectivity index (χ1n) is 6.09. The molecule has 0 saturated carbocycles. The van der Waals surface area contributed by atoms with Gasteiger partial charge in [-0.15, -0.1) is 0 Å². The van der Waals surface area contributed by atoms with Crippen LogP contribution in [-0.2, 0) is 0 Å². The molecule has 0 radical (unpaired) electrons. The lowest BCUT2D eigenvalue weighted by molar-refractivity contribution is 0.386. The Bertz CT molecular complexity index is 617. The minimum absolute atomic E-state index is 0.131. The largest absolute Gasteiger partial charge is 0.508 e. The van der Waals surface area contributed by atoms with Crippen LogP contribution in [-0.4, -0.2) is 12.2 Å². The number of benzene rings is 2. The number of hydrogen-bond donors (Lipinski definition) is 2. The predicted molar refractivity (Wildman–Crippen MR) is 73.1 cm³/mol. The number of ether oxygens (including phenoxy) is 1. The molecule has 0 bridgehead atoms. The number of nitrogens with one attached hydrogen (secondary N) is 1. The fourth-order valence-electron chi connectivity index (χ4n) is 1.95. The smallest absolute Gasteiger partial charge is 0.167 e. The van der Waals surface area contributed by atoms with Crippen molar-refractivity contribution >= 4 is 5.69 Å². The first kappa shape index (κ1) is 14.1. The second kappa shape index (κ2) is 5.77. The van der Waals surface area contributed by atoms with E-state index in [2.05, 4.69) is 5.32 Å². The molecule has 0 aliphatic rings. The third-order valence-electron chi connectivity index (χ3n) is 2.99. The number of phenols is 1. The Labute approximate surface area is 115 Å². The average Bonchev–Trinajstić information content (AvgIpc) is 2.38. The Hall–Kier alpha value is -2.30. The van der Waals surface area contributed by atoms with Gasteiger partial charge in [-0.25, -0.2) is 8.78 Å². The van der Waals surface area contributed by atoms with Gasteiger partial charge in [0.05, 0.1) is 13.2 Å². The van der Waals surface area contributed by atoms with Crippen LogP contribution in [0.25, 0.3) is 0 Å². The second-order valence-electron chi connectivity index (χ2n) is 4.42. The number of anilines is 1. The SMILES string of the molecule is COc1ccc(NC(C)c2ccc(O)cc2F)cc1F. The minimum Gasteiger partial charge on any atom is -0.508 e. The van der Waals surface area contributed by atoms with E-state index in [4.69, 9.17) is 4.74 Å². The Balaban J connectivity index is 2.18. The third-order valence-corrected chi connectivity index (χ3v) is 2.99. The summed E-state index contributed by atoms with van der Waals surface area (Å²) in [5, 5.41) is 12.2. The third kappa shape index (κ3) is 2.99. The van der Waals surface area contributed by atoms with Crippen molar-refractivity contribution in [3.63, 3.8) is 0 Å². The summed E-state index contributed by atoms with van der Waals surface area (Å²) < 4.78 is 32.1. The number of halogens is 2. The maximum absolute atomic E-state index is 13.7. The van der Waals surface area contributed by atoms with Crippen molar-refractivity contribution in [3.05, 3.63) is 53.6 Å². The van der Waals surface area contributed by atoms with Crippen LogP contribution in [0, 0.1) is 11.6 Å². The zero-order chi connectivity index (χ0) is 14.7. The molecule has 2 rings (SSSR count). The van der Waals surface area contributed by atoms with Crippen LogP contribution in [0.15, 0.2) is 36.4 Å². The maximum Gasteiger partial charge on any atom is 0.167 e. The maximum atomic E-state index is 13.7. The van der Waals surface area contributed by atoms with Gasteiger partial charge < -0.3 is 15.2 Å². The number of phenolic OH excluding ortho intramolecular Hbond substituents is 1. The van der Waals surface area contributed by atoms with Crippen LogP contribution in [0.3, 0.4) is 0 Å². The van der Waals surface area contributed by atoms with Gasteiger partial charge in [0.15, 0.2) is 11.6 Å². The average molecular weight is 279 g/mol. The molecule has 0 aliphatic heterocycles. The second-order valence-corrected chi connectivity index (χ2v) is 4.42. The van der Waals surface area contributed by atoms with Gasteiger partial charge >= 0.3 is 0 Å². The highest BCUT2D eigenvalue weighted by Gasteiger charge is 2.12. The summed E-state index contributed by atoms with van der Waals surface area (Å²) in [6.45, 7) is 1.75. The summed E-state index contributed by atoms with van der Waals surface area (Å²) in [7, 11) is 1.39. The summed E-state index contributed by atoms with van der Waals surface area (Å²) in [6.07, 6.45) is 0. The number of methoxy groups -OCH3 is 1. The number of aromatic hydroxyl groups is 1. The summed E-state index contributed by atoms with van der Waals surface area (Å²) >= 11 is 0. The Morgan fingerprint density at radius 3 is 2.45 bits per heavy atom. The molecule has 5 heteroatoms. The Morgan fingerprint density at radius 1 is 1.10 bits per heavy atom. The molecule has 0 heterocycles. The van der Waals surface area contributed by atoms with Crippen molar-refractivity contribution in [2.45, 2.75) is 13.0 Å². The summed E-state index contributed by atoms with van der Waals surface area (Å²) in [5.74, 6) is -0.983. The van der Waals surface area contributed by atoms with E-state index < -0.39 is 11.6 Å². The van der Waals surface area contributed by atoms with Crippen molar-refractivity contribution < 1.29 is 18.6 Å². The van der Waals surface area contributed by atoms with E-state index in [1.165, 1.54) is 31.4 Å². The van der Waals surface area contributed by atoms with Crippen molar-refractivity contribution in [1.82, 2.24) is 0 Å². The van der Waals surface area contributed by atoms with Gasteiger partial charge in [0.2, 0.25) is 0 Å². The van der Waals surface area contributed by atoms with Gasteiger partial charge in [0, 0.05) is 23.4 Å². The Morgan fingerprint density at radius 2 is 1.85 bits per heavy atom. The summed E-state index contributed by atoms with van der Waals surface area (Å²) in [6, 6.07) is 8.00. The van der Waals surface area contributed by atoms with Gasteiger partial charge in [0.1, 0.15) is 11.6 Å². The summed E-state index contributed by atoms with van der Waals surface area (Å²) in [4.78, 5) is 0. The zero-order valence-corrected chi connectivity index (χ0v) is 11.2. The normalized spacial score (nSPS) is 12.0. The highest BCUT2D eigenvalue weighted by Crippen LogP contribution is 2.26. The van der Waals surface area contributed by atoms with Crippen LogP contribution in [0.5, 0.6) is 11.5 Å². The lowest BCUT2D eigenvalue weighted by atomic mass is 10.1. The van der Waals surface area contributed by atoms with E-state index >= 15 is 0 Å². The lowest BCUT2D eigenvalue weighted by Crippen LogP contribution is -2.08. The van der Waals surface area contributed by atoms with Crippen molar-refractivity contribution in [2.24, 2.45) is 0 Å². The van der Waals surface area contributed by atoms with Crippen LogP contribution < -0.4 is 10.1 Å². The molecule has 3 nitrogen and oxygen atoms in total. The first-order valence-corrected chi connectivity index (χ1v) is 6.09. The molecule has 0 saturated heterocycles. The molecule has 0 spiro atoms. The first-order chi connectivity index (χ1) is 9.51. The molecule has 2 aromatic rings. The summed E-state index contributed by atoms with van der Waals surface area (Å²) in [5.41, 5.74) is 0.905. The molecular formula is C15H15F2NO2. The van der Waals surface area contributed by atoms with E-state index in [-0.39, 0.29) is 17.5 Å². The predicted octanol–water partition coefficient (Wildman–Crippen LogP) is 3.85. The molecule has 0 fully saturated rings. The minimum atomic E-state index is -0.515. The molecule has 0 aromatic heterocycles. The molecule has 0 aliphatic carbocycles. The molecule has 2 aromatic carbocycles. The van der Waals surface area contributed by atoms with Crippen LogP contribution in [0.2, 0.25) is 0 Å². The molecule has 20 heavy (non-hydrogen) atoms. The van der Waals surface area contributed by atoms with Gasteiger partial charge in [-0.2, -0.15) is 0 Å². The quantitative estimate of drug-likeness (QED) is 0.893. The molecule has 1 atom stereocenters. The molecule has 0 amide bonds. The van der Waals surface area contributed by atoms with Crippen molar-refractivity contribution in [1.29, 1.82) is 0 Å². The standard InChI is InChI=1S/C15H15F2NO2/c1-9(12-5-4-11(19)8-13(12)16)18-10-3-6-15(20-2)14(17)7-10/h3-9,18-19H,1-2H3. The van der Waals surface area contributed by atoms with Gasteiger partial charge in [-0.05, 0) is 25.1 Å². The van der Waals surface area contributed by atoms with Gasteiger partial charge in [-0.1, -0.05) is 6.07 Å². The molecule has 2 N–H and O–H groups in total. The van der Waals surface area contributed by atoms with Crippen LogP contribution in [0.1, 0.15) is 18.5 Å². The number of rotatable bonds is 4. The van der Waals surface area contributed by atoms with Crippen molar-refractivity contribution in [3.8, 4) is 11.5 Å². The number of hydrogen-bond acceptors (Lipinski definition) is 3. The fraction of sp³-hybridized carbons (Fsp3) is 0.200. The topological polar surface area (TPSA) is 41.5 Å². The molecule has 1 unspecified atom stereocenters. The Kier molecular flexibility index (Phi) is 4.08. The zero-order valence-electron chi connectivity index (χ0n) is 11.2. The van der Waals surface area contributed by atoms with Gasteiger partial charge in [-0.3, -0.25) is 0 Å². The fourth-order valence-corrected chi connectivity index (χ4v) is 1.95. The van der Waals surface area contributed by atoms with Crippen molar-refractivity contribution in [2.75, 3.05) is 12.4 Å².